The lowest BCUT2D eigenvalue weighted by molar-refractivity contribution is -0.124. The molecule has 6 heteroatoms. The molecule has 1 saturated carbocycles. The molecular weight excluding hydrogens is 304 g/mol. The van der Waals surface area contributed by atoms with Gasteiger partial charge in [0.1, 0.15) is 17.1 Å². The van der Waals surface area contributed by atoms with Crippen molar-refractivity contribution in [3.05, 3.63) is 29.8 Å². The highest BCUT2D eigenvalue weighted by molar-refractivity contribution is 5.83. The Labute approximate surface area is 140 Å². The van der Waals surface area contributed by atoms with Crippen LogP contribution in [0.25, 0.3) is 5.52 Å². The summed E-state index contributed by atoms with van der Waals surface area (Å²) in [4.78, 5) is 17.6. The largest absolute Gasteiger partial charge is 0.491 e. The van der Waals surface area contributed by atoms with E-state index in [4.69, 9.17) is 9.72 Å². The average Bonchev–Trinajstić information content (AvgIpc) is 2.90. The fourth-order valence-electron chi connectivity index (χ4n) is 4.42. The van der Waals surface area contributed by atoms with Gasteiger partial charge in [-0.25, -0.2) is 4.98 Å². The van der Waals surface area contributed by atoms with Gasteiger partial charge in [-0.1, -0.05) is 0 Å². The molecule has 0 radical (unpaired) electrons. The van der Waals surface area contributed by atoms with Gasteiger partial charge in [-0.2, -0.15) is 0 Å². The summed E-state index contributed by atoms with van der Waals surface area (Å²) in [6, 6.07) is 3.95. The summed E-state index contributed by atoms with van der Waals surface area (Å²) < 4.78 is 7.81. The second-order valence-corrected chi connectivity index (χ2v) is 7.70. The fourth-order valence-corrected chi connectivity index (χ4v) is 4.42. The van der Waals surface area contributed by atoms with Crippen molar-refractivity contribution in [1.29, 1.82) is 0 Å². The molecule has 2 aromatic heterocycles. The Hall–Kier alpha value is -2.08. The SMILES string of the molecule is CC(C)(NC(=O)C1C2CNC[C@@H]21)c1nc2c3c(cccn13)OCC2. The molecule has 6 nitrogen and oxygen atoms in total. The normalized spacial score (nSPS) is 27.7. The first-order chi connectivity index (χ1) is 11.6. The van der Waals surface area contributed by atoms with Crippen LogP contribution in [0.4, 0.5) is 0 Å². The van der Waals surface area contributed by atoms with Gasteiger partial charge >= 0.3 is 0 Å². The van der Waals surface area contributed by atoms with Crippen LogP contribution in [0.5, 0.6) is 5.75 Å². The Kier molecular flexibility index (Phi) is 2.81. The molecule has 4 heterocycles. The number of imidazole rings is 1. The molecule has 5 rings (SSSR count). The Morgan fingerprint density at radius 1 is 1.42 bits per heavy atom. The Morgan fingerprint density at radius 3 is 3.00 bits per heavy atom. The number of hydrogen-bond donors (Lipinski definition) is 2. The first-order valence-corrected chi connectivity index (χ1v) is 8.72. The molecule has 1 aliphatic carbocycles. The van der Waals surface area contributed by atoms with E-state index in [9.17, 15) is 4.79 Å². The van der Waals surface area contributed by atoms with Crippen LogP contribution in [0.15, 0.2) is 18.3 Å². The fraction of sp³-hybridized carbons (Fsp3) is 0.556. The van der Waals surface area contributed by atoms with Crippen LogP contribution in [0.1, 0.15) is 25.4 Å². The molecule has 0 spiro atoms. The molecule has 2 N–H and O–H groups in total. The number of ether oxygens (including phenoxy) is 1. The van der Waals surface area contributed by atoms with Crippen LogP contribution in [0, 0.1) is 17.8 Å². The standard InChI is InChI=1S/C18H22N4O2/c1-18(2,21-16(23)14-10-8-19-9-11(10)14)17-20-12-5-7-24-13-4-3-6-22(17)15(12)13/h3-4,6,10-11,14,19H,5,7-9H2,1-2H3,(H,21,23)/t10-,11?,14?/m0/s1. The van der Waals surface area contributed by atoms with Crippen LogP contribution in [0.2, 0.25) is 0 Å². The van der Waals surface area contributed by atoms with Crippen molar-refractivity contribution >= 4 is 11.4 Å². The van der Waals surface area contributed by atoms with E-state index >= 15 is 0 Å². The molecule has 1 saturated heterocycles. The molecule has 126 valence electrons. The van der Waals surface area contributed by atoms with E-state index < -0.39 is 5.54 Å². The summed E-state index contributed by atoms with van der Waals surface area (Å²) in [5.41, 5.74) is 1.57. The van der Waals surface area contributed by atoms with Gasteiger partial charge in [-0.3, -0.25) is 9.20 Å². The second kappa shape index (κ2) is 4.72. The van der Waals surface area contributed by atoms with Crippen LogP contribution in [0.3, 0.4) is 0 Å². The van der Waals surface area contributed by atoms with Gasteiger partial charge in [0.05, 0.1) is 17.8 Å². The highest BCUT2D eigenvalue weighted by Gasteiger charge is 2.57. The zero-order chi connectivity index (χ0) is 16.5. The Morgan fingerprint density at radius 2 is 2.21 bits per heavy atom. The Bertz CT molecular complexity index is 831. The highest BCUT2D eigenvalue weighted by Crippen LogP contribution is 2.49. The number of piperidine rings is 1. The smallest absolute Gasteiger partial charge is 0.224 e. The quantitative estimate of drug-likeness (QED) is 0.886. The number of fused-ring (bicyclic) bond motifs is 1. The summed E-state index contributed by atoms with van der Waals surface area (Å²) in [6.07, 6.45) is 2.81. The lowest BCUT2D eigenvalue weighted by Crippen LogP contribution is -2.44. The van der Waals surface area contributed by atoms with Crippen molar-refractivity contribution in [1.82, 2.24) is 20.0 Å². The maximum absolute atomic E-state index is 12.7. The predicted octanol–water partition coefficient (Wildman–Crippen LogP) is 1.09. The number of carbonyl (C=O) groups is 1. The molecular formula is C18H22N4O2. The second-order valence-electron chi connectivity index (χ2n) is 7.70. The van der Waals surface area contributed by atoms with Gasteiger partial charge in [0.2, 0.25) is 5.91 Å². The number of pyridine rings is 1. The van der Waals surface area contributed by atoms with Crippen molar-refractivity contribution in [2.24, 2.45) is 17.8 Å². The highest BCUT2D eigenvalue weighted by atomic mass is 16.5. The first-order valence-electron chi connectivity index (χ1n) is 8.72. The first kappa shape index (κ1) is 14.3. The molecule has 2 fully saturated rings. The van der Waals surface area contributed by atoms with Crippen LogP contribution in [-0.4, -0.2) is 35.0 Å². The number of hydrogen-bond acceptors (Lipinski definition) is 4. The number of nitrogens with one attached hydrogen (secondary N) is 2. The monoisotopic (exact) mass is 326 g/mol. The topological polar surface area (TPSA) is 67.7 Å². The summed E-state index contributed by atoms with van der Waals surface area (Å²) >= 11 is 0. The molecule has 2 aliphatic heterocycles. The van der Waals surface area contributed by atoms with Crippen molar-refractivity contribution in [2.75, 3.05) is 19.7 Å². The van der Waals surface area contributed by atoms with Crippen molar-refractivity contribution in [3.8, 4) is 5.75 Å². The third-order valence-corrected chi connectivity index (χ3v) is 5.69. The van der Waals surface area contributed by atoms with E-state index in [1.165, 1.54) is 0 Å². The molecule has 1 amide bonds. The lowest BCUT2D eigenvalue weighted by atomic mass is 10.0. The van der Waals surface area contributed by atoms with E-state index in [1.54, 1.807) is 0 Å². The van der Waals surface area contributed by atoms with Gasteiger partial charge in [0.25, 0.3) is 0 Å². The van der Waals surface area contributed by atoms with E-state index in [2.05, 4.69) is 15.0 Å². The van der Waals surface area contributed by atoms with Crippen molar-refractivity contribution in [3.63, 3.8) is 0 Å². The zero-order valence-corrected chi connectivity index (χ0v) is 14.0. The molecule has 3 aliphatic rings. The molecule has 0 aromatic carbocycles. The maximum atomic E-state index is 12.7. The van der Waals surface area contributed by atoms with Crippen molar-refractivity contribution in [2.45, 2.75) is 25.8 Å². The van der Waals surface area contributed by atoms with Gasteiger partial charge in [-0.05, 0) is 50.9 Å². The van der Waals surface area contributed by atoms with Crippen LogP contribution >= 0.6 is 0 Å². The minimum absolute atomic E-state index is 0.164. The summed E-state index contributed by atoms with van der Waals surface area (Å²) in [5.74, 6) is 3.13. The molecule has 2 unspecified atom stereocenters. The van der Waals surface area contributed by atoms with E-state index in [-0.39, 0.29) is 11.8 Å². The molecule has 24 heavy (non-hydrogen) atoms. The van der Waals surface area contributed by atoms with Crippen molar-refractivity contribution < 1.29 is 9.53 Å². The zero-order valence-electron chi connectivity index (χ0n) is 14.0. The van der Waals surface area contributed by atoms with Gasteiger partial charge < -0.3 is 15.4 Å². The number of rotatable bonds is 3. The maximum Gasteiger partial charge on any atom is 0.224 e. The summed E-state index contributed by atoms with van der Waals surface area (Å²) in [6.45, 7) is 6.67. The van der Waals surface area contributed by atoms with E-state index in [0.717, 1.165) is 42.3 Å². The van der Waals surface area contributed by atoms with Gasteiger partial charge in [-0.15, -0.1) is 0 Å². The predicted molar refractivity (Wildman–Crippen MR) is 88.9 cm³/mol. The molecule has 3 atom stereocenters. The average molecular weight is 326 g/mol. The third-order valence-electron chi connectivity index (χ3n) is 5.69. The van der Waals surface area contributed by atoms with Gasteiger partial charge in [0.15, 0.2) is 0 Å². The summed E-state index contributed by atoms with van der Waals surface area (Å²) in [7, 11) is 0. The number of amides is 1. The lowest BCUT2D eigenvalue weighted by Gasteiger charge is -2.25. The van der Waals surface area contributed by atoms with Crippen LogP contribution in [-0.2, 0) is 16.8 Å². The molecule has 2 aromatic rings. The summed E-state index contributed by atoms with van der Waals surface area (Å²) in [5, 5.41) is 6.58. The third kappa shape index (κ3) is 1.92. The minimum Gasteiger partial charge on any atom is -0.491 e. The number of nitrogens with zero attached hydrogens (tertiary/aromatic N) is 2. The number of carbonyl (C=O) groups excluding carboxylic acids is 1. The molecule has 0 bridgehead atoms. The number of aromatic nitrogens is 2. The Balaban J connectivity index is 1.48. The minimum atomic E-state index is -0.522. The van der Waals surface area contributed by atoms with Crippen LogP contribution < -0.4 is 15.4 Å². The van der Waals surface area contributed by atoms with E-state index in [0.29, 0.717) is 18.4 Å². The van der Waals surface area contributed by atoms with E-state index in [1.807, 2.05) is 32.2 Å². The van der Waals surface area contributed by atoms with Gasteiger partial charge in [0, 0.05) is 18.5 Å².